The lowest BCUT2D eigenvalue weighted by atomic mass is 10.1. The number of carbonyl (C=O) groups is 1. The van der Waals surface area contributed by atoms with Crippen molar-refractivity contribution in [1.29, 1.82) is 0 Å². The van der Waals surface area contributed by atoms with Crippen molar-refractivity contribution in [1.82, 2.24) is 0 Å². The maximum Gasteiger partial charge on any atom is 0.241 e. The summed E-state index contributed by atoms with van der Waals surface area (Å²) in [6.45, 7) is 0.709. The molecule has 104 valence electrons. The maximum atomic E-state index is 12.1. The van der Waals surface area contributed by atoms with Crippen LogP contribution in [0.5, 0.6) is 5.75 Å². The highest BCUT2D eigenvalue weighted by Gasteiger charge is 2.28. The predicted octanol–water partition coefficient (Wildman–Crippen LogP) is 3.53. The van der Waals surface area contributed by atoms with Crippen LogP contribution in [0.15, 0.2) is 36.4 Å². The van der Waals surface area contributed by atoms with Crippen molar-refractivity contribution >= 4 is 34.0 Å². The Kier molecular flexibility index (Phi) is 3.53. The largest absolute Gasteiger partial charge is 0.507 e. The molecule has 1 amide bonds. The average molecular weight is 290 g/mol. The molecule has 2 aromatic rings. The van der Waals surface area contributed by atoms with Gasteiger partial charge in [0.15, 0.2) is 0 Å². The van der Waals surface area contributed by atoms with Crippen molar-refractivity contribution in [2.24, 2.45) is 5.92 Å². The first kappa shape index (κ1) is 13.3. The lowest BCUT2D eigenvalue weighted by molar-refractivity contribution is -0.116. The van der Waals surface area contributed by atoms with E-state index in [1.807, 2.05) is 24.3 Å². The zero-order chi connectivity index (χ0) is 14.1. The Bertz CT molecular complexity index is 652. The predicted molar refractivity (Wildman–Crippen MR) is 81.4 cm³/mol. The fourth-order valence-corrected chi connectivity index (χ4v) is 2.62. The van der Waals surface area contributed by atoms with Gasteiger partial charge in [0, 0.05) is 17.3 Å². The number of hydrogen-bond acceptors (Lipinski definition) is 2. The Balaban J connectivity index is 2.09. The Morgan fingerprint density at radius 1 is 1.20 bits per heavy atom. The first-order valence-corrected chi connectivity index (χ1v) is 7.31. The molecule has 2 aromatic carbocycles. The number of phenolic OH excluding ortho intramolecular Hbond substituents is 1. The molecule has 0 spiro atoms. The topological polar surface area (TPSA) is 40.5 Å². The Morgan fingerprint density at radius 2 is 1.90 bits per heavy atom. The van der Waals surface area contributed by atoms with E-state index in [0.29, 0.717) is 12.5 Å². The molecule has 1 fully saturated rings. The summed E-state index contributed by atoms with van der Waals surface area (Å²) in [6.07, 6.45) is 2.34. The van der Waals surface area contributed by atoms with Crippen LogP contribution in [-0.2, 0) is 4.79 Å². The van der Waals surface area contributed by atoms with E-state index < -0.39 is 0 Å². The first-order chi connectivity index (χ1) is 9.70. The van der Waals surface area contributed by atoms with E-state index in [0.717, 1.165) is 16.5 Å². The smallest absolute Gasteiger partial charge is 0.241 e. The molecule has 4 heteroatoms. The van der Waals surface area contributed by atoms with Gasteiger partial charge in [-0.1, -0.05) is 24.3 Å². The van der Waals surface area contributed by atoms with E-state index >= 15 is 0 Å². The number of aromatic hydroxyl groups is 1. The highest BCUT2D eigenvalue weighted by Crippen LogP contribution is 2.36. The molecule has 1 aliphatic carbocycles. The Morgan fingerprint density at radius 3 is 2.60 bits per heavy atom. The van der Waals surface area contributed by atoms with Crippen LogP contribution in [0.1, 0.15) is 12.8 Å². The molecule has 0 aliphatic heterocycles. The molecular formula is C16H16ClNO2. The van der Waals surface area contributed by atoms with Crippen LogP contribution >= 0.6 is 11.6 Å². The van der Waals surface area contributed by atoms with Crippen LogP contribution < -0.4 is 4.90 Å². The van der Waals surface area contributed by atoms with Gasteiger partial charge in [-0.15, -0.1) is 11.6 Å². The number of fused-ring (bicyclic) bond motifs is 1. The van der Waals surface area contributed by atoms with Crippen molar-refractivity contribution in [3.63, 3.8) is 0 Å². The summed E-state index contributed by atoms with van der Waals surface area (Å²) in [7, 11) is 0. The summed E-state index contributed by atoms with van der Waals surface area (Å²) in [5.41, 5.74) is 0.830. The van der Waals surface area contributed by atoms with Crippen molar-refractivity contribution in [3.05, 3.63) is 36.4 Å². The van der Waals surface area contributed by atoms with Gasteiger partial charge in [-0.3, -0.25) is 4.79 Å². The second-order valence-electron chi connectivity index (χ2n) is 5.23. The van der Waals surface area contributed by atoms with Crippen molar-refractivity contribution in [2.45, 2.75) is 12.8 Å². The average Bonchev–Trinajstić information content (AvgIpc) is 3.28. The molecule has 0 unspecified atom stereocenters. The number of phenols is 1. The lowest BCUT2D eigenvalue weighted by Crippen LogP contribution is -2.33. The number of benzene rings is 2. The van der Waals surface area contributed by atoms with Crippen molar-refractivity contribution in [3.8, 4) is 5.75 Å². The number of anilines is 1. The number of halogens is 1. The number of carbonyl (C=O) groups excluding carboxylic acids is 1. The van der Waals surface area contributed by atoms with E-state index in [4.69, 9.17) is 11.6 Å². The summed E-state index contributed by atoms with van der Waals surface area (Å²) < 4.78 is 0. The van der Waals surface area contributed by atoms with Gasteiger partial charge in [-0.25, -0.2) is 0 Å². The summed E-state index contributed by atoms with van der Waals surface area (Å²) in [4.78, 5) is 13.9. The number of alkyl halides is 1. The summed E-state index contributed by atoms with van der Waals surface area (Å²) >= 11 is 5.74. The third-order valence-electron chi connectivity index (χ3n) is 3.72. The molecule has 1 saturated carbocycles. The third-order valence-corrected chi connectivity index (χ3v) is 3.95. The van der Waals surface area contributed by atoms with E-state index in [-0.39, 0.29) is 17.5 Å². The number of hydrogen-bond donors (Lipinski definition) is 1. The van der Waals surface area contributed by atoms with Crippen LogP contribution in [0.25, 0.3) is 10.8 Å². The molecule has 1 N–H and O–H groups in total. The fraction of sp³-hybridized carbons (Fsp3) is 0.312. The highest BCUT2D eigenvalue weighted by molar-refractivity contribution is 6.29. The SMILES string of the molecule is O=C(CCl)N(CC1CC1)c1cccc2c(O)cccc12. The normalized spacial score (nSPS) is 14.4. The van der Waals surface area contributed by atoms with Gasteiger partial charge in [0.25, 0.3) is 0 Å². The molecule has 3 rings (SSSR count). The molecule has 0 bridgehead atoms. The molecule has 0 radical (unpaired) electrons. The van der Waals surface area contributed by atoms with Crippen LogP contribution in [0.2, 0.25) is 0 Å². The van der Waals surface area contributed by atoms with Crippen molar-refractivity contribution in [2.75, 3.05) is 17.3 Å². The van der Waals surface area contributed by atoms with E-state index in [1.165, 1.54) is 12.8 Å². The highest BCUT2D eigenvalue weighted by atomic mass is 35.5. The molecule has 0 atom stereocenters. The minimum absolute atomic E-state index is 0.0259. The van der Waals surface area contributed by atoms with Crippen LogP contribution in [0.3, 0.4) is 0 Å². The quantitative estimate of drug-likeness (QED) is 0.875. The monoisotopic (exact) mass is 289 g/mol. The van der Waals surface area contributed by atoms with Gasteiger partial charge in [0.1, 0.15) is 11.6 Å². The molecule has 20 heavy (non-hydrogen) atoms. The van der Waals surface area contributed by atoms with Gasteiger partial charge >= 0.3 is 0 Å². The Hall–Kier alpha value is -1.74. The molecule has 0 aromatic heterocycles. The van der Waals surface area contributed by atoms with Gasteiger partial charge in [-0.05, 0) is 30.9 Å². The molecule has 0 saturated heterocycles. The van der Waals surface area contributed by atoms with E-state index in [9.17, 15) is 9.90 Å². The van der Waals surface area contributed by atoms with Crippen molar-refractivity contribution < 1.29 is 9.90 Å². The second-order valence-corrected chi connectivity index (χ2v) is 5.50. The first-order valence-electron chi connectivity index (χ1n) is 6.77. The lowest BCUT2D eigenvalue weighted by Gasteiger charge is -2.23. The second kappa shape index (κ2) is 5.33. The minimum atomic E-state index is -0.0885. The van der Waals surface area contributed by atoms with E-state index in [2.05, 4.69) is 0 Å². The number of rotatable bonds is 4. The summed E-state index contributed by atoms with van der Waals surface area (Å²) in [5.74, 6) is 0.695. The summed E-state index contributed by atoms with van der Waals surface area (Å²) in [5, 5.41) is 11.6. The number of amides is 1. The minimum Gasteiger partial charge on any atom is -0.507 e. The standard InChI is InChI=1S/C16H16ClNO2/c17-9-16(20)18(10-11-7-8-11)14-5-1-4-13-12(14)3-2-6-15(13)19/h1-6,11,19H,7-10H2. The third kappa shape index (κ3) is 2.46. The van der Waals surface area contributed by atoms with Crippen LogP contribution in [-0.4, -0.2) is 23.4 Å². The molecule has 1 aliphatic rings. The zero-order valence-corrected chi connectivity index (χ0v) is 11.8. The Labute approximate surface area is 122 Å². The van der Waals surface area contributed by atoms with Gasteiger partial charge in [-0.2, -0.15) is 0 Å². The van der Waals surface area contributed by atoms with Gasteiger partial charge in [0.05, 0.1) is 5.69 Å². The van der Waals surface area contributed by atoms with E-state index in [1.54, 1.807) is 17.0 Å². The molecule has 0 heterocycles. The molecule has 3 nitrogen and oxygen atoms in total. The van der Waals surface area contributed by atoms with Gasteiger partial charge in [0.2, 0.25) is 5.91 Å². The number of nitrogens with zero attached hydrogens (tertiary/aromatic N) is 1. The summed E-state index contributed by atoms with van der Waals surface area (Å²) in [6, 6.07) is 11.0. The zero-order valence-electron chi connectivity index (χ0n) is 11.1. The maximum absolute atomic E-state index is 12.1. The van der Waals surface area contributed by atoms with Crippen LogP contribution in [0.4, 0.5) is 5.69 Å². The molecular weight excluding hydrogens is 274 g/mol. The fourth-order valence-electron chi connectivity index (χ4n) is 2.48. The van der Waals surface area contributed by atoms with Crippen LogP contribution in [0, 0.1) is 5.92 Å². The van der Waals surface area contributed by atoms with Gasteiger partial charge < -0.3 is 10.0 Å².